The van der Waals surface area contributed by atoms with E-state index < -0.39 is 11.8 Å². The minimum Gasteiger partial charge on any atom is -0.392 e. The lowest BCUT2D eigenvalue weighted by molar-refractivity contribution is -0.139. The van der Waals surface area contributed by atoms with Crippen LogP contribution in [0.3, 0.4) is 0 Å². The van der Waals surface area contributed by atoms with E-state index >= 15 is 0 Å². The highest BCUT2D eigenvalue weighted by Gasteiger charge is 2.14. The van der Waals surface area contributed by atoms with Crippen molar-refractivity contribution in [3.63, 3.8) is 0 Å². The Morgan fingerprint density at radius 3 is 2.37 bits per heavy atom. The summed E-state index contributed by atoms with van der Waals surface area (Å²) in [6.45, 7) is 2.39. The number of hydrogen-bond donors (Lipinski definition) is 3. The zero-order chi connectivity index (χ0) is 14.3. The van der Waals surface area contributed by atoms with Crippen LogP contribution in [0.2, 0.25) is 0 Å². The molecule has 6 heteroatoms. The fourth-order valence-electron chi connectivity index (χ4n) is 1.47. The van der Waals surface area contributed by atoms with Crippen molar-refractivity contribution >= 4 is 29.0 Å². The molecule has 0 saturated carbocycles. The van der Waals surface area contributed by atoms with E-state index in [9.17, 15) is 9.59 Å². The Kier molecular flexibility index (Phi) is 5.95. The molecule has 19 heavy (non-hydrogen) atoms. The van der Waals surface area contributed by atoms with Crippen LogP contribution in [-0.2, 0) is 9.59 Å². The Labute approximate surface area is 117 Å². The predicted octanol–water partition coefficient (Wildman–Crippen LogP) is 0.309. The van der Waals surface area contributed by atoms with E-state index in [0.717, 1.165) is 5.56 Å². The van der Waals surface area contributed by atoms with Crippen LogP contribution in [-0.4, -0.2) is 29.9 Å². The summed E-state index contributed by atoms with van der Waals surface area (Å²) < 4.78 is 0. The van der Waals surface area contributed by atoms with Crippen molar-refractivity contribution in [2.24, 2.45) is 5.73 Å². The van der Waals surface area contributed by atoms with Crippen molar-refractivity contribution in [1.29, 1.82) is 0 Å². The number of nitrogens with one attached hydrogen (secondary N) is 2. The van der Waals surface area contributed by atoms with Crippen LogP contribution in [0, 0.1) is 0 Å². The maximum absolute atomic E-state index is 11.5. The standard InChI is InChI=1S/C13H17N3O2S/c1-9(10-5-3-2-4-6-10)7-15-12(17)13(18)16-8-11(14)19/h2-6,9H,7-8H2,1H3,(H2,14,19)(H,15,17)(H,16,18). The summed E-state index contributed by atoms with van der Waals surface area (Å²) in [5.41, 5.74) is 6.33. The molecule has 1 aromatic carbocycles. The van der Waals surface area contributed by atoms with Gasteiger partial charge in [0.1, 0.15) is 0 Å². The average Bonchev–Trinajstić information content (AvgIpc) is 2.42. The summed E-state index contributed by atoms with van der Waals surface area (Å²) in [5, 5.41) is 4.90. The molecule has 0 aliphatic rings. The lowest BCUT2D eigenvalue weighted by Gasteiger charge is -2.12. The molecule has 1 rings (SSSR count). The lowest BCUT2D eigenvalue weighted by atomic mass is 10.0. The minimum atomic E-state index is -0.729. The first kappa shape index (κ1) is 15.1. The molecule has 0 bridgehead atoms. The summed E-state index contributed by atoms with van der Waals surface area (Å²) in [5.74, 6) is -1.28. The molecular formula is C13H17N3O2S. The van der Waals surface area contributed by atoms with Crippen LogP contribution in [0.25, 0.3) is 0 Å². The predicted molar refractivity (Wildman–Crippen MR) is 77.7 cm³/mol. The first-order valence-electron chi connectivity index (χ1n) is 5.90. The van der Waals surface area contributed by atoms with Gasteiger partial charge < -0.3 is 16.4 Å². The first-order valence-corrected chi connectivity index (χ1v) is 6.30. The summed E-state index contributed by atoms with van der Waals surface area (Å²) in [7, 11) is 0. The van der Waals surface area contributed by atoms with E-state index in [1.807, 2.05) is 37.3 Å². The van der Waals surface area contributed by atoms with Crippen molar-refractivity contribution in [2.45, 2.75) is 12.8 Å². The molecule has 102 valence electrons. The lowest BCUT2D eigenvalue weighted by Crippen LogP contribution is -2.43. The molecule has 1 atom stereocenters. The molecule has 0 aromatic heterocycles. The van der Waals surface area contributed by atoms with Gasteiger partial charge >= 0.3 is 11.8 Å². The highest BCUT2D eigenvalue weighted by molar-refractivity contribution is 7.80. The van der Waals surface area contributed by atoms with Crippen LogP contribution in [0.15, 0.2) is 30.3 Å². The van der Waals surface area contributed by atoms with Gasteiger partial charge in [0.25, 0.3) is 0 Å². The van der Waals surface area contributed by atoms with E-state index in [1.54, 1.807) is 0 Å². The van der Waals surface area contributed by atoms with Gasteiger partial charge in [0.15, 0.2) is 0 Å². The van der Waals surface area contributed by atoms with Crippen LogP contribution in [0.4, 0.5) is 0 Å². The molecule has 0 spiro atoms. The van der Waals surface area contributed by atoms with E-state index in [0.29, 0.717) is 6.54 Å². The van der Waals surface area contributed by atoms with E-state index in [2.05, 4.69) is 22.9 Å². The molecule has 0 radical (unpaired) electrons. The average molecular weight is 279 g/mol. The first-order chi connectivity index (χ1) is 9.00. The third-order valence-electron chi connectivity index (χ3n) is 2.57. The Bertz CT molecular complexity index is 462. The van der Waals surface area contributed by atoms with Gasteiger partial charge in [-0.05, 0) is 11.5 Å². The van der Waals surface area contributed by atoms with Gasteiger partial charge in [-0.1, -0.05) is 49.5 Å². The minimum absolute atomic E-state index is 0.0236. The largest absolute Gasteiger partial charge is 0.392 e. The normalized spacial score (nSPS) is 11.4. The van der Waals surface area contributed by atoms with Crippen molar-refractivity contribution in [1.82, 2.24) is 10.6 Å². The van der Waals surface area contributed by atoms with Gasteiger partial charge in [-0.25, -0.2) is 0 Å². The maximum Gasteiger partial charge on any atom is 0.309 e. The van der Waals surface area contributed by atoms with Gasteiger partial charge in [0.2, 0.25) is 0 Å². The van der Waals surface area contributed by atoms with Crippen molar-refractivity contribution in [3.05, 3.63) is 35.9 Å². The zero-order valence-electron chi connectivity index (χ0n) is 10.7. The van der Waals surface area contributed by atoms with Gasteiger partial charge in [0, 0.05) is 6.54 Å². The molecular weight excluding hydrogens is 262 g/mol. The Morgan fingerprint density at radius 2 is 1.79 bits per heavy atom. The van der Waals surface area contributed by atoms with Crippen LogP contribution in [0.1, 0.15) is 18.4 Å². The highest BCUT2D eigenvalue weighted by atomic mass is 32.1. The monoisotopic (exact) mass is 279 g/mol. The van der Waals surface area contributed by atoms with E-state index in [-0.39, 0.29) is 17.5 Å². The maximum atomic E-state index is 11.5. The quantitative estimate of drug-likeness (QED) is 0.535. The molecule has 4 N–H and O–H groups in total. The number of thiocarbonyl (C=S) groups is 1. The third-order valence-corrected chi connectivity index (χ3v) is 2.71. The zero-order valence-corrected chi connectivity index (χ0v) is 11.5. The molecule has 1 aromatic rings. The summed E-state index contributed by atoms with van der Waals surface area (Å²) in [6, 6.07) is 9.75. The molecule has 0 fully saturated rings. The fourth-order valence-corrected chi connectivity index (χ4v) is 1.55. The number of amides is 2. The van der Waals surface area contributed by atoms with Gasteiger partial charge in [-0.2, -0.15) is 0 Å². The smallest absolute Gasteiger partial charge is 0.309 e. The van der Waals surface area contributed by atoms with Gasteiger partial charge in [-0.3, -0.25) is 9.59 Å². The third kappa shape index (κ3) is 5.48. The second-order valence-corrected chi connectivity index (χ2v) is 4.70. The van der Waals surface area contributed by atoms with Crippen LogP contribution < -0.4 is 16.4 Å². The van der Waals surface area contributed by atoms with Crippen molar-refractivity contribution in [3.8, 4) is 0 Å². The second kappa shape index (κ2) is 7.48. The Balaban J connectivity index is 2.38. The topological polar surface area (TPSA) is 84.2 Å². The molecule has 0 heterocycles. The molecule has 5 nitrogen and oxygen atoms in total. The molecule has 1 unspecified atom stereocenters. The molecule has 0 saturated heterocycles. The number of rotatable bonds is 5. The number of carbonyl (C=O) groups is 2. The van der Waals surface area contributed by atoms with Crippen LogP contribution >= 0.6 is 12.2 Å². The van der Waals surface area contributed by atoms with Crippen molar-refractivity contribution in [2.75, 3.05) is 13.1 Å². The van der Waals surface area contributed by atoms with E-state index in [4.69, 9.17) is 5.73 Å². The molecule has 0 aliphatic carbocycles. The van der Waals surface area contributed by atoms with Gasteiger partial charge in [-0.15, -0.1) is 0 Å². The summed E-state index contributed by atoms with van der Waals surface area (Å²) >= 11 is 4.60. The van der Waals surface area contributed by atoms with Gasteiger partial charge in [0.05, 0.1) is 11.5 Å². The number of nitrogens with two attached hydrogens (primary N) is 1. The van der Waals surface area contributed by atoms with E-state index in [1.165, 1.54) is 0 Å². The van der Waals surface area contributed by atoms with Crippen LogP contribution in [0.5, 0.6) is 0 Å². The Morgan fingerprint density at radius 1 is 1.21 bits per heavy atom. The number of benzene rings is 1. The molecule has 2 amide bonds. The number of carbonyl (C=O) groups excluding carboxylic acids is 2. The molecule has 0 aliphatic heterocycles. The highest BCUT2D eigenvalue weighted by Crippen LogP contribution is 2.12. The SMILES string of the molecule is CC(CNC(=O)C(=O)NCC(N)=S)c1ccccc1. The van der Waals surface area contributed by atoms with Crippen molar-refractivity contribution < 1.29 is 9.59 Å². The summed E-state index contributed by atoms with van der Waals surface area (Å²) in [4.78, 5) is 23.0. The summed E-state index contributed by atoms with van der Waals surface area (Å²) in [6.07, 6.45) is 0. The second-order valence-electron chi connectivity index (χ2n) is 4.17. The fraction of sp³-hybridized carbons (Fsp3) is 0.308. The Hall–Kier alpha value is -1.95. The number of hydrogen-bond acceptors (Lipinski definition) is 3.